The Kier molecular flexibility index (Phi) is 4.96. The molecule has 1 unspecified atom stereocenters. The van der Waals surface area contributed by atoms with Crippen LogP contribution in [0.15, 0.2) is 47.7 Å². The summed E-state index contributed by atoms with van der Waals surface area (Å²) < 4.78 is 0. The number of benzene rings is 1. The topological polar surface area (TPSA) is 37.3 Å². The number of nitrogens with zero attached hydrogens (tertiary/aromatic N) is 2. The maximum absolute atomic E-state index is 6.42. The molecule has 0 bridgehead atoms. The van der Waals surface area contributed by atoms with E-state index in [1.165, 1.54) is 5.56 Å². The second-order valence-corrected chi connectivity index (χ2v) is 6.12. The lowest BCUT2D eigenvalue weighted by Gasteiger charge is -2.22. The van der Waals surface area contributed by atoms with Crippen LogP contribution in [0.3, 0.4) is 0 Å². The van der Waals surface area contributed by atoms with Gasteiger partial charge in [0.25, 0.3) is 0 Å². The van der Waals surface area contributed by atoms with Crippen LogP contribution in [0.1, 0.15) is 30.0 Å². The average molecular weight is 334 g/mol. The van der Waals surface area contributed by atoms with Gasteiger partial charge in [-0.1, -0.05) is 35.3 Å². The molecule has 0 radical (unpaired) electrons. The summed E-state index contributed by atoms with van der Waals surface area (Å²) in [4.78, 5) is 8.58. The quantitative estimate of drug-likeness (QED) is 0.897. The molecular weight excluding hydrogens is 317 g/mol. The summed E-state index contributed by atoms with van der Waals surface area (Å²) in [6.07, 6.45) is 6.51. The van der Waals surface area contributed by atoms with Gasteiger partial charge >= 0.3 is 0 Å². The lowest BCUT2D eigenvalue weighted by molar-refractivity contribution is 0.638. The minimum Gasteiger partial charge on any atom is -0.367 e. The van der Waals surface area contributed by atoms with Gasteiger partial charge in [-0.2, -0.15) is 0 Å². The average Bonchev–Trinajstić information content (AvgIpc) is 3.03. The van der Waals surface area contributed by atoms with E-state index in [2.05, 4.69) is 15.3 Å². The van der Waals surface area contributed by atoms with Crippen molar-refractivity contribution in [2.24, 2.45) is 4.99 Å². The molecule has 1 N–H and O–H groups in total. The van der Waals surface area contributed by atoms with Crippen molar-refractivity contribution in [3.05, 3.63) is 63.9 Å². The van der Waals surface area contributed by atoms with Gasteiger partial charge in [-0.15, -0.1) is 0 Å². The van der Waals surface area contributed by atoms with Crippen LogP contribution in [0.4, 0.5) is 0 Å². The third kappa shape index (κ3) is 3.60. The highest BCUT2D eigenvalue weighted by Gasteiger charge is 2.19. The fraction of sp³-hybridized carbons (Fsp3) is 0.294. The molecule has 1 aliphatic heterocycles. The third-order valence-corrected chi connectivity index (χ3v) is 4.59. The lowest BCUT2D eigenvalue weighted by Crippen LogP contribution is -2.29. The SMILES string of the molecule is Clc1cccc(C(Cc2ccncc2)NC2=NCCC2)c1Cl. The molecule has 5 heteroatoms. The number of aromatic nitrogens is 1. The van der Waals surface area contributed by atoms with Crippen LogP contribution >= 0.6 is 23.2 Å². The second kappa shape index (κ2) is 7.12. The van der Waals surface area contributed by atoms with Crippen molar-refractivity contribution in [1.29, 1.82) is 0 Å². The van der Waals surface area contributed by atoms with Crippen molar-refractivity contribution in [3.63, 3.8) is 0 Å². The Bertz CT molecular complexity index is 671. The van der Waals surface area contributed by atoms with Gasteiger partial charge in [0.2, 0.25) is 0 Å². The molecule has 114 valence electrons. The van der Waals surface area contributed by atoms with Crippen LogP contribution in [0, 0.1) is 0 Å². The molecule has 1 aromatic heterocycles. The first-order valence-electron chi connectivity index (χ1n) is 7.36. The molecule has 1 atom stereocenters. The standard InChI is InChI=1S/C17H17Cl2N3/c18-14-4-1-3-13(17(14)19)15(22-16-5-2-8-21-16)11-12-6-9-20-10-7-12/h1,3-4,6-7,9-10,15H,2,5,8,11H2,(H,21,22). The number of nitrogens with one attached hydrogen (secondary N) is 1. The molecule has 0 aliphatic carbocycles. The first kappa shape index (κ1) is 15.3. The number of pyridine rings is 1. The van der Waals surface area contributed by atoms with E-state index < -0.39 is 0 Å². The van der Waals surface area contributed by atoms with Gasteiger partial charge in [0, 0.05) is 25.4 Å². The molecule has 22 heavy (non-hydrogen) atoms. The first-order valence-corrected chi connectivity index (χ1v) is 8.12. The summed E-state index contributed by atoms with van der Waals surface area (Å²) in [6, 6.07) is 9.84. The highest BCUT2D eigenvalue weighted by Crippen LogP contribution is 2.31. The zero-order valence-corrected chi connectivity index (χ0v) is 13.6. The van der Waals surface area contributed by atoms with Gasteiger partial charge in [0.1, 0.15) is 0 Å². The van der Waals surface area contributed by atoms with Crippen LogP contribution < -0.4 is 5.32 Å². The van der Waals surface area contributed by atoms with Crippen LogP contribution in [-0.2, 0) is 6.42 Å². The molecule has 3 rings (SSSR count). The van der Waals surface area contributed by atoms with E-state index in [1.54, 1.807) is 12.4 Å². The Morgan fingerprint density at radius 2 is 1.95 bits per heavy atom. The number of rotatable bonds is 4. The maximum Gasteiger partial charge on any atom is 0.0968 e. The summed E-state index contributed by atoms with van der Waals surface area (Å²) in [7, 11) is 0. The summed E-state index contributed by atoms with van der Waals surface area (Å²) in [5, 5.41) is 4.72. The van der Waals surface area contributed by atoms with Gasteiger partial charge in [0.15, 0.2) is 0 Å². The highest BCUT2D eigenvalue weighted by atomic mass is 35.5. The van der Waals surface area contributed by atoms with Gasteiger partial charge < -0.3 is 5.32 Å². The van der Waals surface area contributed by atoms with E-state index in [-0.39, 0.29) is 6.04 Å². The molecule has 1 aromatic carbocycles. The molecular formula is C17H17Cl2N3. The third-order valence-electron chi connectivity index (χ3n) is 3.76. The van der Waals surface area contributed by atoms with Gasteiger partial charge in [0.05, 0.1) is 21.9 Å². The minimum absolute atomic E-state index is 0.0467. The second-order valence-electron chi connectivity index (χ2n) is 5.33. The van der Waals surface area contributed by atoms with Crippen molar-refractivity contribution in [1.82, 2.24) is 10.3 Å². The Labute approximate surface area is 140 Å². The van der Waals surface area contributed by atoms with E-state index in [0.717, 1.165) is 37.2 Å². The van der Waals surface area contributed by atoms with E-state index in [9.17, 15) is 0 Å². The van der Waals surface area contributed by atoms with Crippen molar-refractivity contribution < 1.29 is 0 Å². The maximum atomic E-state index is 6.42. The van der Waals surface area contributed by atoms with Crippen LogP contribution in [0.2, 0.25) is 10.0 Å². The van der Waals surface area contributed by atoms with Gasteiger partial charge in [-0.25, -0.2) is 0 Å². The van der Waals surface area contributed by atoms with E-state index in [4.69, 9.17) is 23.2 Å². The van der Waals surface area contributed by atoms with Crippen LogP contribution in [0.25, 0.3) is 0 Å². The minimum atomic E-state index is 0.0467. The lowest BCUT2D eigenvalue weighted by atomic mass is 9.99. The van der Waals surface area contributed by atoms with Crippen molar-refractivity contribution >= 4 is 29.0 Å². The highest BCUT2D eigenvalue weighted by molar-refractivity contribution is 6.42. The molecule has 3 nitrogen and oxygen atoms in total. The largest absolute Gasteiger partial charge is 0.367 e. The molecule has 0 spiro atoms. The number of hydrogen-bond acceptors (Lipinski definition) is 3. The summed E-state index contributed by atoms with van der Waals surface area (Å²) >= 11 is 12.6. The van der Waals surface area contributed by atoms with E-state index in [1.807, 2.05) is 30.3 Å². The number of hydrogen-bond donors (Lipinski definition) is 1. The smallest absolute Gasteiger partial charge is 0.0968 e. The molecule has 0 saturated heterocycles. The van der Waals surface area contributed by atoms with Gasteiger partial charge in [-0.3, -0.25) is 9.98 Å². The molecule has 0 amide bonds. The summed E-state index contributed by atoms with van der Waals surface area (Å²) in [5.41, 5.74) is 2.20. The fourth-order valence-electron chi connectivity index (χ4n) is 2.64. The predicted molar refractivity (Wildman–Crippen MR) is 91.8 cm³/mol. The zero-order chi connectivity index (χ0) is 15.4. The van der Waals surface area contributed by atoms with Crippen molar-refractivity contribution in [2.75, 3.05) is 6.54 Å². The normalized spacial score (nSPS) is 15.5. The molecule has 0 saturated carbocycles. The van der Waals surface area contributed by atoms with Gasteiger partial charge in [-0.05, 0) is 42.2 Å². The number of aliphatic imine (C=N–C) groups is 1. The number of amidine groups is 1. The summed E-state index contributed by atoms with van der Waals surface area (Å²) in [5.74, 6) is 1.05. The van der Waals surface area contributed by atoms with E-state index >= 15 is 0 Å². The van der Waals surface area contributed by atoms with E-state index in [0.29, 0.717) is 10.0 Å². The molecule has 0 fully saturated rings. The van der Waals surface area contributed by atoms with Crippen molar-refractivity contribution in [2.45, 2.75) is 25.3 Å². The predicted octanol–water partition coefficient (Wildman–Crippen LogP) is 4.45. The van der Waals surface area contributed by atoms with Crippen molar-refractivity contribution in [3.8, 4) is 0 Å². The zero-order valence-electron chi connectivity index (χ0n) is 12.1. The Balaban J connectivity index is 1.89. The fourth-order valence-corrected chi connectivity index (χ4v) is 3.08. The first-order chi connectivity index (χ1) is 10.7. The monoisotopic (exact) mass is 333 g/mol. The summed E-state index contributed by atoms with van der Waals surface area (Å²) in [6.45, 7) is 0.896. The Morgan fingerprint density at radius 3 is 2.68 bits per heavy atom. The van der Waals surface area contributed by atoms with Crippen LogP contribution in [-0.4, -0.2) is 17.4 Å². The number of halogens is 2. The van der Waals surface area contributed by atoms with Crippen LogP contribution in [0.5, 0.6) is 0 Å². The Hall–Kier alpha value is -1.58. The molecule has 2 aromatic rings. The Morgan fingerprint density at radius 1 is 1.14 bits per heavy atom. The molecule has 1 aliphatic rings. The molecule has 2 heterocycles.